The number of hydrogen-bond donors (Lipinski definition) is 0. The number of aryl methyl sites for hydroxylation is 2. The van der Waals surface area contributed by atoms with Gasteiger partial charge in [0.15, 0.2) is 0 Å². The first-order valence-corrected chi connectivity index (χ1v) is 13.5. The molecule has 0 saturated heterocycles. The Labute approximate surface area is 218 Å². The second kappa shape index (κ2) is 11.2. The van der Waals surface area contributed by atoms with Crippen LogP contribution in [0.1, 0.15) is 55.5 Å². The number of rotatable bonds is 7. The minimum Gasteiger partial charge on any atom is -0.488 e. The Hall–Kier alpha value is -3.22. The minimum atomic E-state index is 0.0567. The lowest BCUT2D eigenvalue weighted by molar-refractivity contribution is 0.306. The van der Waals surface area contributed by atoms with Gasteiger partial charge in [-0.3, -0.25) is 4.99 Å². The molecular formula is C33H36NOP. The van der Waals surface area contributed by atoms with Crippen molar-refractivity contribution in [2.45, 2.75) is 53.6 Å². The Balaban J connectivity index is 1.77. The fourth-order valence-corrected chi connectivity index (χ4v) is 5.81. The lowest BCUT2D eigenvalue weighted by Crippen LogP contribution is -2.20. The number of benzene rings is 4. The van der Waals surface area contributed by atoms with Crippen molar-refractivity contribution in [3.05, 3.63) is 119 Å². The molecular weight excluding hydrogens is 457 g/mol. The van der Waals surface area contributed by atoms with Crippen LogP contribution >= 0.6 is 8.58 Å². The third-order valence-electron chi connectivity index (χ3n) is 6.34. The largest absolute Gasteiger partial charge is 0.488 e. The molecule has 0 spiro atoms. The normalized spacial score (nSPS) is 12.3. The van der Waals surface area contributed by atoms with Crippen LogP contribution in [0.15, 0.2) is 96.0 Å². The van der Waals surface area contributed by atoms with Crippen LogP contribution in [-0.2, 0) is 12.0 Å². The average molecular weight is 494 g/mol. The standard InChI is InChI=1S/C33H36NOP/c1-23-14-13-19-29(25(3)34-28-17-11-8-12-18-28)32(23)36-30-21-27(33(4,5)6)20-24(2)31(30)35-22-26-15-9-7-10-16-26/h7-21,36H,22H2,1-6H3/b34-25+. The van der Waals surface area contributed by atoms with Crippen LogP contribution < -0.4 is 15.3 Å². The van der Waals surface area contributed by atoms with Crippen molar-refractivity contribution in [2.75, 3.05) is 0 Å². The minimum absolute atomic E-state index is 0.0567. The maximum Gasteiger partial charge on any atom is 0.130 e. The van der Waals surface area contributed by atoms with E-state index in [-0.39, 0.29) is 5.41 Å². The first kappa shape index (κ1) is 25.9. The van der Waals surface area contributed by atoms with Crippen LogP contribution in [0.4, 0.5) is 5.69 Å². The molecule has 0 amide bonds. The predicted molar refractivity (Wildman–Crippen MR) is 158 cm³/mol. The number of aliphatic imine (C=N–C) groups is 1. The molecule has 3 heteroatoms. The molecule has 0 aliphatic rings. The fraction of sp³-hybridized carbons (Fsp3) is 0.242. The summed E-state index contributed by atoms with van der Waals surface area (Å²) in [5.41, 5.74) is 8.23. The summed E-state index contributed by atoms with van der Waals surface area (Å²) in [6, 6.07) is 31.7. The summed E-state index contributed by atoms with van der Waals surface area (Å²) in [5.74, 6) is 0.997. The molecule has 2 nitrogen and oxygen atoms in total. The molecule has 184 valence electrons. The molecule has 4 aromatic rings. The highest BCUT2D eigenvalue weighted by molar-refractivity contribution is 7.56. The second-order valence-electron chi connectivity index (χ2n) is 10.3. The van der Waals surface area contributed by atoms with Crippen LogP contribution in [0.3, 0.4) is 0 Å². The Morgan fingerprint density at radius 3 is 2.14 bits per heavy atom. The van der Waals surface area contributed by atoms with Crippen molar-refractivity contribution in [3.63, 3.8) is 0 Å². The number of ether oxygens (including phenoxy) is 1. The van der Waals surface area contributed by atoms with Crippen LogP contribution in [-0.4, -0.2) is 5.71 Å². The van der Waals surface area contributed by atoms with Gasteiger partial charge >= 0.3 is 0 Å². The van der Waals surface area contributed by atoms with Gasteiger partial charge in [0.05, 0.1) is 5.69 Å². The third-order valence-corrected chi connectivity index (χ3v) is 7.90. The van der Waals surface area contributed by atoms with Crippen LogP contribution in [0.5, 0.6) is 5.75 Å². The van der Waals surface area contributed by atoms with Gasteiger partial charge in [0, 0.05) is 16.6 Å². The van der Waals surface area contributed by atoms with E-state index >= 15 is 0 Å². The molecule has 1 unspecified atom stereocenters. The van der Waals surface area contributed by atoms with Gasteiger partial charge in [-0.2, -0.15) is 0 Å². The van der Waals surface area contributed by atoms with Crippen molar-refractivity contribution >= 4 is 30.6 Å². The average Bonchev–Trinajstić information content (AvgIpc) is 2.85. The molecule has 0 saturated carbocycles. The van der Waals surface area contributed by atoms with Crippen molar-refractivity contribution in [2.24, 2.45) is 4.99 Å². The van der Waals surface area contributed by atoms with E-state index in [9.17, 15) is 0 Å². The highest BCUT2D eigenvalue weighted by Gasteiger charge is 2.20. The highest BCUT2D eigenvalue weighted by Crippen LogP contribution is 2.32. The maximum absolute atomic E-state index is 6.51. The van der Waals surface area contributed by atoms with Gasteiger partial charge in [-0.1, -0.05) is 102 Å². The van der Waals surface area contributed by atoms with Crippen molar-refractivity contribution in [1.82, 2.24) is 0 Å². The highest BCUT2D eigenvalue weighted by atomic mass is 31.1. The molecule has 0 aromatic heterocycles. The summed E-state index contributed by atoms with van der Waals surface area (Å²) < 4.78 is 6.51. The van der Waals surface area contributed by atoms with Gasteiger partial charge in [-0.15, -0.1) is 0 Å². The Morgan fingerprint density at radius 2 is 1.47 bits per heavy atom. The van der Waals surface area contributed by atoms with E-state index in [2.05, 4.69) is 96.1 Å². The molecule has 1 atom stereocenters. The maximum atomic E-state index is 6.51. The van der Waals surface area contributed by atoms with Crippen LogP contribution in [0.25, 0.3) is 0 Å². The van der Waals surface area contributed by atoms with E-state index in [0.29, 0.717) is 15.2 Å². The Bertz CT molecular complexity index is 1350. The molecule has 0 aliphatic heterocycles. The number of para-hydroxylation sites is 1. The SMILES string of the molecule is C/C(=N\c1ccccc1)c1cccc(C)c1Pc1cc(C(C)(C)C)cc(C)c1OCc1ccccc1. The predicted octanol–water partition coefficient (Wildman–Crippen LogP) is 7.95. The molecule has 0 radical (unpaired) electrons. The van der Waals surface area contributed by atoms with E-state index in [1.54, 1.807) is 0 Å². The van der Waals surface area contributed by atoms with E-state index in [4.69, 9.17) is 9.73 Å². The molecule has 36 heavy (non-hydrogen) atoms. The van der Waals surface area contributed by atoms with E-state index in [1.165, 1.54) is 38.4 Å². The first-order chi connectivity index (χ1) is 17.2. The van der Waals surface area contributed by atoms with E-state index in [0.717, 1.165) is 17.1 Å². The van der Waals surface area contributed by atoms with Gasteiger partial charge < -0.3 is 4.74 Å². The third kappa shape index (κ3) is 6.31. The quantitative estimate of drug-likeness (QED) is 0.189. The zero-order valence-corrected chi connectivity index (χ0v) is 23.2. The van der Waals surface area contributed by atoms with Gasteiger partial charge in [-0.25, -0.2) is 0 Å². The van der Waals surface area contributed by atoms with Gasteiger partial charge in [0.1, 0.15) is 12.4 Å². The zero-order chi connectivity index (χ0) is 25.7. The summed E-state index contributed by atoms with van der Waals surface area (Å²) in [7, 11) is 0.460. The lowest BCUT2D eigenvalue weighted by atomic mass is 9.86. The summed E-state index contributed by atoms with van der Waals surface area (Å²) in [6.07, 6.45) is 0. The summed E-state index contributed by atoms with van der Waals surface area (Å²) in [5, 5.41) is 2.57. The first-order valence-electron chi connectivity index (χ1n) is 12.5. The summed E-state index contributed by atoms with van der Waals surface area (Å²) in [6.45, 7) is 13.9. The molecule has 0 N–H and O–H groups in total. The van der Waals surface area contributed by atoms with E-state index < -0.39 is 0 Å². The van der Waals surface area contributed by atoms with Gasteiger partial charge in [-0.05, 0) is 71.9 Å². The number of hydrogen-bond acceptors (Lipinski definition) is 2. The van der Waals surface area contributed by atoms with Crippen LogP contribution in [0, 0.1) is 13.8 Å². The monoisotopic (exact) mass is 493 g/mol. The van der Waals surface area contributed by atoms with E-state index in [1.807, 2.05) is 36.4 Å². The molecule has 0 heterocycles. The molecule has 0 fully saturated rings. The second-order valence-corrected chi connectivity index (χ2v) is 11.6. The molecule has 4 aromatic carbocycles. The molecule has 4 rings (SSSR count). The number of nitrogens with zero attached hydrogens (tertiary/aromatic N) is 1. The van der Waals surface area contributed by atoms with Gasteiger partial charge in [0.25, 0.3) is 0 Å². The smallest absolute Gasteiger partial charge is 0.130 e. The van der Waals surface area contributed by atoms with Crippen molar-refractivity contribution in [1.29, 1.82) is 0 Å². The lowest BCUT2D eigenvalue weighted by Gasteiger charge is -2.24. The van der Waals surface area contributed by atoms with Crippen molar-refractivity contribution < 1.29 is 4.74 Å². The zero-order valence-electron chi connectivity index (χ0n) is 22.2. The molecule has 0 bridgehead atoms. The molecule has 0 aliphatic carbocycles. The van der Waals surface area contributed by atoms with Crippen LogP contribution in [0.2, 0.25) is 0 Å². The topological polar surface area (TPSA) is 21.6 Å². The van der Waals surface area contributed by atoms with Gasteiger partial charge in [0.2, 0.25) is 0 Å². The van der Waals surface area contributed by atoms with Crippen molar-refractivity contribution in [3.8, 4) is 5.75 Å². The summed E-state index contributed by atoms with van der Waals surface area (Å²) >= 11 is 0. The fourth-order valence-electron chi connectivity index (χ4n) is 4.25. The Kier molecular flexibility index (Phi) is 8.07. The Morgan fingerprint density at radius 1 is 0.806 bits per heavy atom. The summed E-state index contributed by atoms with van der Waals surface area (Å²) in [4.78, 5) is 4.94.